The number of hydrogen-bond acceptors (Lipinski definition) is 4. The number of amides is 2. The van der Waals surface area contributed by atoms with E-state index in [1.165, 1.54) is 4.90 Å². The molecule has 19 heavy (non-hydrogen) atoms. The van der Waals surface area contributed by atoms with Crippen LogP contribution in [0.5, 0.6) is 0 Å². The van der Waals surface area contributed by atoms with Crippen LogP contribution >= 0.6 is 0 Å². The minimum absolute atomic E-state index is 0.0311. The molecule has 0 aromatic carbocycles. The number of hydrogen-bond donors (Lipinski definition) is 1. The van der Waals surface area contributed by atoms with E-state index >= 15 is 0 Å². The molecule has 5 heteroatoms. The van der Waals surface area contributed by atoms with E-state index in [4.69, 9.17) is 0 Å². The molecule has 1 N–H and O–H groups in total. The predicted octanol–water partition coefficient (Wildman–Crippen LogP) is 0.770. The zero-order valence-electron chi connectivity index (χ0n) is 10.9. The minimum Gasteiger partial charge on any atom is -0.301 e. The van der Waals surface area contributed by atoms with Crippen molar-refractivity contribution in [1.29, 1.82) is 0 Å². The Hall–Kier alpha value is -1.75. The van der Waals surface area contributed by atoms with Gasteiger partial charge in [0, 0.05) is 25.0 Å². The zero-order chi connectivity index (χ0) is 13.4. The fraction of sp³-hybridized carbons (Fsp3) is 0.500. The molecule has 1 saturated heterocycles. The first kappa shape index (κ1) is 12.3. The summed E-state index contributed by atoms with van der Waals surface area (Å²) in [6.07, 6.45) is 5.76. The van der Waals surface area contributed by atoms with Crippen LogP contribution in [0.25, 0.3) is 0 Å². The van der Waals surface area contributed by atoms with Crippen molar-refractivity contribution in [2.45, 2.75) is 44.8 Å². The molecule has 1 saturated carbocycles. The van der Waals surface area contributed by atoms with Crippen molar-refractivity contribution in [1.82, 2.24) is 15.2 Å². The van der Waals surface area contributed by atoms with E-state index < -0.39 is 0 Å². The van der Waals surface area contributed by atoms with Crippen molar-refractivity contribution in [3.05, 3.63) is 29.6 Å². The third kappa shape index (κ3) is 2.38. The summed E-state index contributed by atoms with van der Waals surface area (Å²) in [5, 5.41) is 3.19. The molecule has 1 unspecified atom stereocenters. The normalized spacial score (nSPS) is 23.2. The second-order valence-corrected chi connectivity index (χ2v) is 5.27. The molecule has 3 rings (SSSR count). The lowest BCUT2D eigenvalue weighted by Gasteiger charge is -2.14. The summed E-state index contributed by atoms with van der Waals surface area (Å²) in [6, 6.07) is 1.75. The molecule has 5 nitrogen and oxygen atoms in total. The van der Waals surface area contributed by atoms with Gasteiger partial charge in [0.2, 0.25) is 11.8 Å². The topological polar surface area (TPSA) is 62.3 Å². The van der Waals surface area contributed by atoms with Gasteiger partial charge in [-0.3, -0.25) is 19.5 Å². The number of aromatic nitrogens is 1. The van der Waals surface area contributed by atoms with Gasteiger partial charge in [-0.2, -0.15) is 0 Å². The highest BCUT2D eigenvalue weighted by Gasteiger charge is 2.45. The number of nitrogens with one attached hydrogen (secondary N) is 1. The van der Waals surface area contributed by atoms with E-state index in [0.717, 1.165) is 24.0 Å². The quantitative estimate of drug-likeness (QED) is 0.811. The number of carbonyl (C=O) groups is 2. The van der Waals surface area contributed by atoms with Crippen LogP contribution in [0.4, 0.5) is 0 Å². The summed E-state index contributed by atoms with van der Waals surface area (Å²) in [7, 11) is 0. The van der Waals surface area contributed by atoms with Crippen molar-refractivity contribution < 1.29 is 9.59 Å². The summed E-state index contributed by atoms with van der Waals surface area (Å²) in [5.41, 5.74) is 2.20. The van der Waals surface area contributed by atoms with Gasteiger partial charge >= 0.3 is 0 Å². The molecule has 2 heterocycles. The van der Waals surface area contributed by atoms with E-state index in [9.17, 15) is 9.59 Å². The Morgan fingerprint density at radius 3 is 2.89 bits per heavy atom. The third-order valence-corrected chi connectivity index (χ3v) is 3.77. The van der Waals surface area contributed by atoms with Gasteiger partial charge in [0.15, 0.2) is 0 Å². The molecule has 1 aliphatic carbocycles. The second-order valence-electron chi connectivity index (χ2n) is 5.27. The van der Waals surface area contributed by atoms with E-state index in [1.54, 1.807) is 12.4 Å². The zero-order valence-corrected chi connectivity index (χ0v) is 10.9. The van der Waals surface area contributed by atoms with Gasteiger partial charge in [-0.25, -0.2) is 0 Å². The second kappa shape index (κ2) is 4.74. The Morgan fingerprint density at radius 2 is 2.21 bits per heavy atom. The Kier molecular flexibility index (Phi) is 3.06. The summed E-state index contributed by atoms with van der Waals surface area (Å²) < 4.78 is 0. The summed E-state index contributed by atoms with van der Waals surface area (Å²) >= 11 is 0. The molecule has 0 spiro atoms. The Labute approximate surface area is 112 Å². The first-order valence-electron chi connectivity index (χ1n) is 6.65. The molecule has 1 aromatic heterocycles. The van der Waals surface area contributed by atoms with E-state index in [-0.39, 0.29) is 23.9 Å². The third-order valence-electron chi connectivity index (χ3n) is 3.77. The van der Waals surface area contributed by atoms with Crippen molar-refractivity contribution in [3.8, 4) is 0 Å². The maximum Gasteiger partial charge on any atom is 0.247 e. The molecule has 1 aliphatic heterocycles. The van der Waals surface area contributed by atoms with Crippen LogP contribution in [0.1, 0.15) is 30.4 Å². The average Bonchev–Trinajstić information content (AvgIpc) is 3.16. The highest BCUT2D eigenvalue weighted by molar-refractivity contribution is 6.06. The van der Waals surface area contributed by atoms with Gasteiger partial charge in [0.05, 0.1) is 12.5 Å². The summed E-state index contributed by atoms with van der Waals surface area (Å²) in [5.74, 6) is -0.0874. The van der Waals surface area contributed by atoms with Gasteiger partial charge < -0.3 is 5.32 Å². The maximum atomic E-state index is 12.1. The Balaban J connectivity index is 1.63. The van der Waals surface area contributed by atoms with Gasteiger partial charge in [0.1, 0.15) is 0 Å². The lowest BCUT2D eigenvalue weighted by Crippen LogP contribution is -2.39. The lowest BCUT2D eigenvalue weighted by atomic mass is 10.1. The monoisotopic (exact) mass is 259 g/mol. The largest absolute Gasteiger partial charge is 0.301 e. The van der Waals surface area contributed by atoms with Gasteiger partial charge in [-0.1, -0.05) is 0 Å². The van der Waals surface area contributed by atoms with Crippen LogP contribution in [0.3, 0.4) is 0 Å². The number of rotatable bonds is 4. The van der Waals surface area contributed by atoms with Crippen LogP contribution in [-0.4, -0.2) is 33.8 Å². The SMILES string of the molecule is Cc1cnccc1CNC1CC(=O)N(C2CC2)C1=O. The number of carbonyl (C=O) groups excluding carboxylic acids is 2. The number of imide groups is 1. The molecular formula is C14H17N3O2. The molecule has 2 aliphatic rings. The average molecular weight is 259 g/mol. The van der Waals surface area contributed by atoms with E-state index in [2.05, 4.69) is 10.3 Å². The number of aryl methyl sites for hydroxylation is 1. The Bertz CT molecular complexity index is 525. The number of nitrogens with zero attached hydrogens (tertiary/aromatic N) is 2. The van der Waals surface area contributed by atoms with Crippen molar-refractivity contribution in [2.24, 2.45) is 0 Å². The molecule has 2 amide bonds. The fourth-order valence-corrected chi connectivity index (χ4v) is 2.46. The van der Waals surface area contributed by atoms with Crippen LogP contribution in [0.2, 0.25) is 0 Å². The van der Waals surface area contributed by atoms with Crippen LogP contribution in [0.15, 0.2) is 18.5 Å². The van der Waals surface area contributed by atoms with Crippen molar-refractivity contribution in [3.63, 3.8) is 0 Å². The molecule has 2 fully saturated rings. The minimum atomic E-state index is -0.360. The molecule has 1 atom stereocenters. The van der Waals surface area contributed by atoms with Crippen LogP contribution in [0, 0.1) is 6.92 Å². The molecule has 0 radical (unpaired) electrons. The first-order valence-corrected chi connectivity index (χ1v) is 6.65. The van der Waals surface area contributed by atoms with Gasteiger partial charge in [-0.15, -0.1) is 0 Å². The highest BCUT2D eigenvalue weighted by atomic mass is 16.2. The van der Waals surface area contributed by atoms with Crippen molar-refractivity contribution in [2.75, 3.05) is 0 Å². The predicted molar refractivity (Wildman–Crippen MR) is 69.1 cm³/mol. The molecule has 0 bridgehead atoms. The fourth-order valence-electron chi connectivity index (χ4n) is 2.46. The van der Waals surface area contributed by atoms with E-state index in [0.29, 0.717) is 13.0 Å². The number of pyridine rings is 1. The standard InChI is InChI=1S/C14H17N3O2/c1-9-7-15-5-4-10(9)8-16-12-6-13(18)17(14(12)19)11-2-3-11/h4-5,7,11-12,16H,2-3,6,8H2,1H3. The maximum absolute atomic E-state index is 12.1. The smallest absolute Gasteiger partial charge is 0.247 e. The Morgan fingerprint density at radius 1 is 1.42 bits per heavy atom. The molecule has 1 aromatic rings. The van der Waals surface area contributed by atoms with E-state index in [1.807, 2.05) is 13.0 Å². The molecule has 100 valence electrons. The summed E-state index contributed by atoms with van der Waals surface area (Å²) in [4.78, 5) is 29.4. The van der Waals surface area contributed by atoms with Gasteiger partial charge in [-0.05, 0) is 37.0 Å². The molecular weight excluding hydrogens is 242 g/mol. The first-order chi connectivity index (χ1) is 9.16. The van der Waals surface area contributed by atoms with Crippen molar-refractivity contribution >= 4 is 11.8 Å². The van der Waals surface area contributed by atoms with Crippen LogP contribution in [-0.2, 0) is 16.1 Å². The van der Waals surface area contributed by atoms with Crippen LogP contribution < -0.4 is 5.32 Å². The van der Waals surface area contributed by atoms with Gasteiger partial charge in [0.25, 0.3) is 0 Å². The summed E-state index contributed by atoms with van der Waals surface area (Å²) in [6.45, 7) is 2.58. The number of likely N-dealkylation sites (tertiary alicyclic amines) is 1. The lowest BCUT2D eigenvalue weighted by molar-refractivity contribution is -0.139. The highest BCUT2D eigenvalue weighted by Crippen LogP contribution is 2.31.